The Morgan fingerprint density at radius 2 is 2.00 bits per heavy atom. The highest BCUT2D eigenvalue weighted by Crippen LogP contribution is 2.29. The largest absolute Gasteiger partial charge is 0.494 e. The van der Waals surface area contributed by atoms with Gasteiger partial charge in [0.25, 0.3) is 5.91 Å². The van der Waals surface area contributed by atoms with E-state index in [-0.39, 0.29) is 17.5 Å². The molecule has 6 heteroatoms. The summed E-state index contributed by atoms with van der Waals surface area (Å²) in [5.41, 5.74) is 3.19. The quantitative estimate of drug-likeness (QED) is 0.430. The van der Waals surface area contributed by atoms with Crippen LogP contribution in [0.3, 0.4) is 0 Å². The fourth-order valence-electron chi connectivity index (χ4n) is 3.97. The van der Waals surface area contributed by atoms with Crippen LogP contribution in [0.4, 0.5) is 0 Å². The van der Waals surface area contributed by atoms with E-state index < -0.39 is 0 Å². The summed E-state index contributed by atoms with van der Waals surface area (Å²) < 4.78 is 7.41. The van der Waals surface area contributed by atoms with Crippen molar-refractivity contribution in [2.24, 2.45) is 0 Å². The number of rotatable bonds is 7. The van der Waals surface area contributed by atoms with E-state index in [1.807, 2.05) is 67.7 Å². The van der Waals surface area contributed by atoms with Gasteiger partial charge >= 0.3 is 0 Å². The fourth-order valence-corrected chi connectivity index (χ4v) is 3.97. The predicted octanol–water partition coefficient (Wildman–Crippen LogP) is 4.90. The second-order valence-electron chi connectivity index (χ2n) is 7.80. The number of nitrogens with zero attached hydrogens (tertiary/aromatic N) is 3. The van der Waals surface area contributed by atoms with Crippen LogP contribution in [0.25, 0.3) is 23.0 Å². The van der Waals surface area contributed by atoms with E-state index in [9.17, 15) is 10.1 Å². The molecule has 1 N–H and O–H groups in total. The lowest BCUT2D eigenvalue weighted by Crippen LogP contribution is -2.33. The maximum absolute atomic E-state index is 12.7. The number of carbonyl (C=O) groups is 1. The Balaban J connectivity index is 1.74. The van der Waals surface area contributed by atoms with Gasteiger partial charge < -0.3 is 10.1 Å². The molecule has 0 aliphatic heterocycles. The van der Waals surface area contributed by atoms with E-state index in [2.05, 4.69) is 11.4 Å². The fraction of sp³-hybridized carbons (Fsp3) is 0.269. The third-order valence-corrected chi connectivity index (χ3v) is 5.54. The minimum Gasteiger partial charge on any atom is -0.494 e. The van der Waals surface area contributed by atoms with Crippen molar-refractivity contribution in [2.45, 2.75) is 38.6 Å². The molecule has 1 saturated carbocycles. The lowest BCUT2D eigenvalue weighted by atomic mass is 10.1. The summed E-state index contributed by atoms with van der Waals surface area (Å²) in [5.74, 6) is 0.412. The molecule has 0 radical (unpaired) electrons. The Labute approximate surface area is 188 Å². The summed E-state index contributed by atoms with van der Waals surface area (Å²) in [6.45, 7) is 2.50. The molecule has 4 rings (SSSR count). The number of aromatic nitrogens is 2. The topological polar surface area (TPSA) is 79.9 Å². The molecule has 1 heterocycles. The summed E-state index contributed by atoms with van der Waals surface area (Å²) in [5, 5.41) is 17.5. The molecule has 1 aliphatic carbocycles. The van der Waals surface area contributed by atoms with Gasteiger partial charge in [0.05, 0.1) is 12.3 Å². The highest BCUT2D eigenvalue weighted by molar-refractivity contribution is 6.02. The number of carbonyl (C=O) groups excluding carboxylic acids is 1. The maximum atomic E-state index is 12.7. The Morgan fingerprint density at radius 1 is 1.22 bits per heavy atom. The first-order valence-electron chi connectivity index (χ1n) is 11.0. The molecule has 0 saturated heterocycles. The van der Waals surface area contributed by atoms with Gasteiger partial charge in [-0.05, 0) is 50.1 Å². The number of para-hydroxylation sites is 1. The second kappa shape index (κ2) is 9.97. The van der Waals surface area contributed by atoms with Crippen LogP contribution >= 0.6 is 0 Å². The Kier molecular flexibility index (Phi) is 6.66. The van der Waals surface area contributed by atoms with Gasteiger partial charge in [-0.2, -0.15) is 10.4 Å². The number of amides is 1. The van der Waals surface area contributed by atoms with Crippen molar-refractivity contribution < 1.29 is 9.53 Å². The molecule has 0 atom stereocenters. The van der Waals surface area contributed by atoms with Crippen molar-refractivity contribution >= 4 is 12.0 Å². The van der Waals surface area contributed by atoms with Crippen LogP contribution in [0.5, 0.6) is 5.75 Å². The molecule has 1 aromatic heterocycles. The smallest absolute Gasteiger partial charge is 0.262 e. The summed E-state index contributed by atoms with van der Waals surface area (Å²) in [7, 11) is 0. The zero-order valence-electron chi connectivity index (χ0n) is 18.1. The van der Waals surface area contributed by atoms with Gasteiger partial charge in [0.2, 0.25) is 0 Å². The minimum atomic E-state index is -0.333. The molecule has 0 unspecified atom stereocenters. The molecule has 32 heavy (non-hydrogen) atoms. The number of nitriles is 1. The van der Waals surface area contributed by atoms with E-state index in [0.29, 0.717) is 17.9 Å². The summed E-state index contributed by atoms with van der Waals surface area (Å²) in [6, 6.07) is 19.6. The van der Waals surface area contributed by atoms with Gasteiger partial charge in [-0.1, -0.05) is 43.2 Å². The Hall–Kier alpha value is -3.85. The molecular formula is C26H26N4O2. The highest BCUT2D eigenvalue weighted by Gasteiger charge is 2.20. The lowest BCUT2D eigenvalue weighted by Gasteiger charge is -2.11. The predicted molar refractivity (Wildman–Crippen MR) is 124 cm³/mol. The zero-order chi connectivity index (χ0) is 22.3. The minimum absolute atomic E-state index is 0.0757. The molecule has 1 fully saturated rings. The third-order valence-electron chi connectivity index (χ3n) is 5.54. The molecule has 1 amide bonds. The van der Waals surface area contributed by atoms with E-state index >= 15 is 0 Å². The molecule has 2 aromatic carbocycles. The van der Waals surface area contributed by atoms with Crippen molar-refractivity contribution in [3.63, 3.8) is 0 Å². The molecular weight excluding hydrogens is 400 g/mol. The van der Waals surface area contributed by atoms with Crippen LogP contribution in [0.1, 0.15) is 38.2 Å². The first kappa shape index (κ1) is 21.4. The standard InChI is InChI=1S/C26H26N4O2/c1-2-32-24-14-8-9-19(16-24)25-21(18-30(29-25)23-12-4-3-5-13-23)15-20(17-27)26(31)28-22-10-6-7-11-22/h3-5,8-9,12-16,18,22H,2,6-7,10-11H2,1H3,(H,28,31)/b20-15+. The van der Waals surface area contributed by atoms with Gasteiger partial charge in [0.15, 0.2) is 0 Å². The van der Waals surface area contributed by atoms with Gasteiger partial charge in [-0.3, -0.25) is 4.79 Å². The number of ether oxygens (including phenoxy) is 1. The number of nitrogens with one attached hydrogen (secondary N) is 1. The molecule has 1 aliphatic rings. The molecule has 0 bridgehead atoms. The average molecular weight is 427 g/mol. The molecule has 6 nitrogen and oxygen atoms in total. The summed E-state index contributed by atoms with van der Waals surface area (Å²) in [4.78, 5) is 12.7. The van der Waals surface area contributed by atoms with Gasteiger partial charge in [0, 0.05) is 23.4 Å². The van der Waals surface area contributed by atoms with Crippen LogP contribution < -0.4 is 10.1 Å². The normalized spacial score (nSPS) is 14.2. The monoisotopic (exact) mass is 426 g/mol. The average Bonchev–Trinajstić information content (AvgIpc) is 3.48. The third kappa shape index (κ3) is 4.89. The van der Waals surface area contributed by atoms with Gasteiger partial charge in [-0.15, -0.1) is 0 Å². The maximum Gasteiger partial charge on any atom is 0.262 e. The van der Waals surface area contributed by atoms with Crippen molar-refractivity contribution in [3.8, 4) is 28.8 Å². The summed E-state index contributed by atoms with van der Waals surface area (Å²) in [6.07, 6.45) is 7.62. The van der Waals surface area contributed by atoms with Gasteiger partial charge in [0.1, 0.15) is 23.1 Å². The van der Waals surface area contributed by atoms with Crippen LogP contribution in [-0.2, 0) is 4.79 Å². The van der Waals surface area contributed by atoms with Crippen molar-refractivity contribution in [1.29, 1.82) is 5.26 Å². The molecule has 0 spiro atoms. The second-order valence-corrected chi connectivity index (χ2v) is 7.80. The Morgan fingerprint density at radius 3 is 2.72 bits per heavy atom. The van der Waals surface area contributed by atoms with Crippen LogP contribution in [-0.4, -0.2) is 28.3 Å². The first-order valence-corrected chi connectivity index (χ1v) is 11.0. The molecule has 3 aromatic rings. The number of benzene rings is 2. The Bertz CT molecular complexity index is 1150. The summed E-state index contributed by atoms with van der Waals surface area (Å²) >= 11 is 0. The van der Waals surface area contributed by atoms with E-state index in [4.69, 9.17) is 9.84 Å². The van der Waals surface area contributed by atoms with Crippen LogP contribution in [0.2, 0.25) is 0 Å². The van der Waals surface area contributed by atoms with Gasteiger partial charge in [-0.25, -0.2) is 4.68 Å². The van der Waals surface area contributed by atoms with Crippen LogP contribution in [0.15, 0.2) is 66.4 Å². The first-order chi connectivity index (χ1) is 15.7. The molecule has 162 valence electrons. The van der Waals surface area contributed by atoms with Crippen molar-refractivity contribution in [1.82, 2.24) is 15.1 Å². The van der Waals surface area contributed by atoms with E-state index in [0.717, 1.165) is 42.7 Å². The van der Waals surface area contributed by atoms with E-state index in [1.165, 1.54) is 0 Å². The number of hydrogen-bond donors (Lipinski definition) is 1. The lowest BCUT2D eigenvalue weighted by molar-refractivity contribution is -0.117. The highest BCUT2D eigenvalue weighted by atomic mass is 16.5. The SMILES string of the molecule is CCOc1cccc(-c2nn(-c3ccccc3)cc2/C=C(\C#N)C(=O)NC2CCCC2)c1. The van der Waals surface area contributed by atoms with Crippen LogP contribution in [0, 0.1) is 11.3 Å². The number of hydrogen-bond acceptors (Lipinski definition) is 4. The van der Waals surface area contributed by atoms with E-state index in [1.54, 1.807) is 10.8 Å². The van der Waals surface area contributed by atoms with Crippen molar-refractivity contribution in [3.05, 3.63) is 71.9 Å². The van der Waals surface area contributed by atoms with Crippen molar-refractivity contribution in [2.75, 3.05) is 6.61 Å². The zero-order valence-corrected chi connectivity index (χ0v) is 18.1.